The van der Waals surface area contributed by atoms with Crippen LogP contribution in [0.3, 0.4) is 0 Å². The molecule has 8 heteroatoms. The number of carboxylic acids is 1. The molecule has 1 aromatic carbocycles. The lowest BCUT2D eigenvalue weighted by atomic mass is 10.0. The van der Waals surface area contributed by atoms with E-state index in [1.807, 2.05) is 11.0 Å². The Balaban J connectivity index is 1.99. The number of nitrogens with zero attached hydrogens (tertiary/aromatic N) is 3. The van der Waals surface area contributed by atoms with Crippen molar-refractivity contribution in [1.29, 1.82) is 0 Å². The van der Waals surface area contributed by atoms with Crippen molar-refractivity contribution in [2.45, 2.75) is 0 Å². The van der Waals surface area contributed by atoms with E-state index in [1.54, 1.807) is 24.4 Å². The molecule has 138 valence electrons. The number of benzene rings is 1. The van der Waals surface area contributed by atoms with Gasteiger partial charge in [-0.2, -0.15) is 0 Å². The second kappa shape index (κ2) is 7.31. The first kappa shape index (κ1) is 18.0. The minimum Gasteiger partial charge on any atom is -0.478 e. The van der Waals surface area contributed by atoms with Crippen molar-refractivity contribution in [3.63, 3.8) is 0 Å². The van der Waals surface area contributed by atoms with Crippen molar-refractivity contribution in [3.8, 4) is 11.3 Å². The lowest BCUT2D eigenvalue weighted by molar-refractivity contribution is 0.0696. The van der Waals surface area contributed by atoms with Gasteiger partial charge in [-0.05, 0) is 12.1 Å². The van der Waals surface area contributed by atoms with E-state index in [9.17, 15) is 9.90 Å². The van der Waals surface area contributed by atoms with E-state index in [2.05, 4.69) is 9.97 Å². The van der Waals surface area contributed by atoms with Crippen LogP contribution in [0.25, 0.3) is 22.2 Å². The van der Waals surface area contributed by atoms with Crippen LogP contribution in [0.4, 0.5) is 5.69 Å². The molecule has 0 bridgehead atoms. The summed E-state index contributed by atoms with van der Waals surface area (Å²) in [5, 5.41) is 11.2. The van der Waals surface area contributed by atoms with Gasteiger partial charge in [-0.15, -0.1) is 0 Å². The molecule has 0 spiro atoms. The molecule has 0 aliphatic carbocycles. The number of pyridine rings is 2. The Kier molecular flexibility index (Phi) is 4.86. The Morgan fingerprint density at radius 2 is 1.93 bits per heavy atom. The van der Waals surface area contributed by atoms with Gasteiger partial charge in [-0.3, -0.25) is 9.97 Å². The number of carboxylic acid groups (broad SMARTS) is 1. The average Bonchev–Trinajstić information content (AvgIpc) is 2.69. The fraction of sp³-hybridized carbons (Fsp3) is 0.211. The van der Waals surface area contributed by atoms with Crippen molar-refractivity contribution in [1.82, 2.24) is 9.97 Å². The van der Waals surface area contributed by atoms with E-state index in [0.717, 1.165) is 0 Å². The molecule has 3 heterocycles. The van der Waals surface area contributed by atoms with Crippen LogP contribution < -0.4 is 4.90 Å². The molecule has 0 amide bonds. The number of rotatable bonds is 3. The normalized spacial score (nSPS) is 14.5. The Labute approximate surface area is 165 Å². The van der Waals surface area contributed by atoms with Crippen molar-refractivity contribution in [3.05, 3.63) is 52.3 Å². The summed E-state index contributed by atoms with van der Waals surface area (Å²) < 4.78 is 5.41. The molecule has 1 N–H and O–H groups in total. The first-order valence-electron chi connectivity index (χ1n) is 8.36. The van der Waals surface area contributed by atoms with Crippen LogP contribution in [0.1, 0.15) is 10.4 Å². The second-order valence-corrected chi connectivity index (χ2v) is 6.87. The van der Waals surface area contributed by atoms with E-state index >= 15 is 0 Å². The number of halogens is 2. The van der Waals surface area contributed by atoms with Gasteiger partial charge >= 0.3 is 5.97 Å². The fourth-order valence-electron chi connectivity index (χ4n) is 3.28. The number of aromatic carboxylic acids is 1. The zero-order valence-electron chi connectivity index (χ0n) is 14.2. The monoisotopic (exact) mass is 403 g/mol. The molecule has 3 aromatic rings. The van der Waals surface area contributed by atoms with Gasteiger partial charge < -0.3 is 14.7 Å². The third-order valence-electron chi connectivity index (χ3n) is 4.52. The van der Waals surface area contributed by atoms with E-state index in [4.69, 9.17) is 27.9 Å². The van der Waals surface area contributed by atoms with Gasteiger partial charge in [0.1, 0.15) is 5.56 Å². The largest absolute Gasteiger partial charge is 0.478 e. The van der Waals surface area contributed by atoms with Gasteiger partial charge in [0.2, 0.25) is 0 Å². The Morgan fingerprint density at radius 1 is 1.15 bits per heavy atom. The molecular formula is C19H15Cl2N3O3. The quantitative estimate of drug-likeness (QED) is 0.707. The Hall–Kier alpha value is -2.41. The molecule has 0 unspecified atom stereocenters. The number of carbonyl (C=O) groups is 1. The maximum Gasteiger partial charge on any atom is 0.339 e. The molecule has 0 saturated carbocycles. The van der Waals surface area contributed by atoms with Crippen molar-refractivity contribution in [2.75, 3.05) is 31.2 Å². The third-order valence-corrected chi connectivity index (χ3v) is 5.34. The topological polar surface area (TPSA) is 75.5 Å². The number of hydrogen-bond donors (Lipinski definition) is 1. The molecule has 2 aromatic heterocycles. The standard InChI is InChI=1S/C19H15Cl2N3O3/c20-14-3-1-2-11(15(14)21)16-17-12(4-5-22-16)18(13(10-23-17)19(25)26)24-6-8-27-9-7-24/h1-5,10H,6-9H2,(H,25,26). The number of morpholine rings is 1. The summed E-state index contributed by atoms with van der Waals surface area (Å²) >= 11 is 12.5. The summed E-state index contributed by atoms with van der Waals surface area (Å²) in [5.74, 6) is -1.02. The smallest absolute Gasteiger partial charge is 0.339 e. The summed E-state index contributed by atoms with van der Waals surface area (Å²) in [5.41, 5.74) is 2.56. The van der Waals surface area contributed by atoms with Crippen LogP contribution in [0.15, 0.2) is 36.7 Å². The Morgan fingerprint density at radius 3 is 2.67 bits per heavy atom. The summed E-state index contributed by atoms with van der Waals surface area (Å²) in [4.78, 5) is 22.7. The minimum absolute atomic E-state index is 0.152. The molecule has 0 radical (unpaired) electrons. The van der Waals surface area contributed by atoms with Gasteiger partial charge in [-0.1, -0.05) is 35.3 Å². The lowest BCUT2D eigenvalue weighted by Crippen LogP contribution is -2.37. The van der Waals surface area contributed by atoms with Crippen LogP contribution in [-0.2, 0) is 4.74 Å². The lowest BCUT2D eigenvalue weighted by Gasteiger charge is -2.31. The second-order valence-electron chi connectivity index (χ2n) is 6.08. The third kappa shape index (κ3) is 3.20. The van der Waals surface area contributed by atoms with Gasteiger partial charge in [0, 0.05) is 36.4 Å². The predicted molar refractivity (Wildman–Crippen MR) is 105 cm³/mol. The van der Waals surface area contributed by atoms with E-state index in [0.29, 0.717) is 64.2 Å². The Bertz CT molecular complexity index is 1040. The number of ether oxygens (including phenoxy) is 1. The molecule has 1 fully saturated rings. The minimum atomic E-state index is -1.02. The van der Waals surface area contributed by atoms with Crippen molar-refractivity contribution in [2.24, 2.45) is 0 Å². The van der Waals surface area contributed by atoms with Crippen molar-refractivity contribution >= 4 is 45.8 Å². The first-order valence-corrected chi connectivity index (χ1v) is 9.11. The summed E-state index contributed by atoms with van der Waals surface area (Å²) in [6.45, 7) is 2.30. The van der Waals surface area contributed by atoms with Gasteiger partial charge in [-0.25, -0.2) is 4.79 Å². The molecule has 1 aliphatic rings. The summed E-state index contributed by atoms with van der Waals surface area (Å²) in [6, 6.07) is 7.09. The van der Waals surface area contributed by atoms with Crippen molar-refractivity contribution < 1.29 is 14.6 Å². The highest BCUT2D eigenvalue weighted by Gasteiger charge is 2.24. The highest BCUT2D eigenvalue weighted by Crippen LogP contribution is 2.38. The molecule has 1 aliphatic heterocycles. The van der Waals surface area contributed by atoms with Gasteiger partial charge in [0.15, 0.2) is 0 Å². The van der Waals surface area contributed by atoms with Crippen LogP contribution >= 0.6 is 23.2 Å². The SMILES string of the molecule is O=C(O)c1cnc2c(-c3cccc(Cl)c3Cl)nccc2c1N1CCOCC1. The maximum absolute atomic E-state index is 11.8. The predicted octanol–water partition coefficient (Wildman–Crippen LogP) is 4.14. The van der Waals surface area contributed by atoms with Crippen LogP contribution in [0, 0.1) is 0 Å². The van der Waals surface area contributed by atoms with Gasteiger partial charge in [0.25, 0.3) is 0 Å². The molecule has 6 nitrogen and oxygen atoms in total. The molecule has 1 saturated heterocycles. The van der Waals surface area contributed by atoms with E-state index in [1.165, 1.54) is 6.20 Å². The molecule has 0 atom stereocenters. The number of aromatic nitrogens is 2. The van der Waals surface area contributed by atoms with E-state index in [-0.39, 0.29) is 5.56 Å². The molecule has 4 rings (SSSR count). The molecular weight excluding hydrogens is 389 g/mol. The number of anilines is 1. The van der Waals surface area contributed by atoms with Crippen LogP contribution in [0.5, 0.6) is 0 Å². The number of fused-ring (bicyclic) bond motifs is 1. The maximum atomic E-state index is 11.8. The van der Waals surface area contributed by atoms with E-state index < -0.39 is 5.97 Å². The summed E-state index contributed by atoms with van der Waals surface area (Å²) in [7, 11) is 0. The fourth-order valence-corrected chi connectivity index (χ4v) is 3.67. The van der Waals surface area contributed by atoms with Crippen LogP contribution in [-0.4, -0.2) is 47.3 Å². The highest BCUT2D eigenvalue weighted by molar-refractivity contribution is 6.43. The molecule has 27 heavy (non-hydrogen) atoms. The number of hydrogen-bond acceptors (Lipinski definition) is 5. The highest BCUT2D eigenvalue weighted by atomic mass is 35.5. The zero-order chi connectivity index (χ0) is 19.0. The first-order chi connectivity index (χ1) is 13.1. The zero-order valence-corrected chi connectivity index (χ0v) is 15.7. The van der Waals surface area contributed by atoms with Crippen LogP contribution in [0.2, 0.25) is 10.0 Å². The van der Waals surface area contributed by atoms with Gasteiger partial charge in [0.05, 0.1) is 40.2 Å². The summed E-state index contributed by atoms with van der Waals surface area (Å²) in [6.07, 6.45) is 3.01. The average molecular weight is 404 g/mol.